The fourth-order valence-electron chi connectivity index (χ4n) is 1.36. The number of rotatable bonds is 2. The number of aromatic nitrogens is 2. The van der Waals surface area contributed by atoms with Gasteiger partial charge in [0, 0.05) is 7.05 Å². The first-order valence-electron chi connectivity index (χ1n) is 5.56. The molecule has 0 unspecified atom stereocenters. The van der Waals surface area contributed by atoms with E-state index in [1.807, 2.05) is 0 Å². The highest BCUT2D eigenvalue weighted by Crippen LogP contribution is 2.29. The highest BCUT2D eigenvalue weighted by atomic mass is 19.4. The fourth-order valence-corrected chi connectivity index (χ4v) is 1.36. The van der Waals surface area contributed by atoms with E-state index in [0.717, 1.165) is 10.7 Å². The number of nitrogens with one attached hydrogen (secondary N) is 1. The Kier molecular flexibility index (Phi) is 4.12. The molecule has 1 amide bonds. The molecule has 0 aromatic carbocycles. The number of carbonyl (C=O) groups is 1. The zero-order valence-electron chi connectivity index (χ0n) is 11.1. The van der Waals surface area contributed by atoms with Gasteiger partial charge in [-0.15, -0.1) is 0 Å². The van der Waals surface area contributed by atoms with Crippen LogP contribution in [0.2, 0.25) is 0 Å². The molecule has 0 bridgehead atoms. The molecule has 0 saturated carbocycles. The number of alkyl carbamates (subject to hydrolysis) is 1. The predicted molar refractivity (Wildman–Crippen MR) is 61.3 cm³/mol. The highest BCUT2D eigenvalue weighted by Gasteiger charge is 2.34. The summed E-state index contributed by atoms with van der Waals surface area (Å²) in [4.78, 5) is 11.3. The Morgan fingerprint density at radius 1 is 1.42 bits per heavy atom. The Labute approximate surface area is 108 Å². The van der Waals surface area contributed by atoms with Crippen molar-refractivity contribution in [1.29, 1.82) is 0 Å². The Bertz CT molecular complexity index is 461. The third kappa shape index (κ3) is 4.80. The largest absolute Gasteiger partial charge is 0.444 e. The van der Waals surface area contributed by atoms with Gasteiger partial charge >= 0.3 is 12.3 Å². The average Bonchev–Trinajstić information content (AvgIpc) is 2.53. The normalized spacial score (nSPS) is 12.4. The molecule has 1 rings (SSSR count). The third-order valence-corrected chi connectivity index (χ3v) is 2.03. The van der Waals surface area contributed by atoms with Gasteiger partial charge in [-0.1, -0.05) is 0 Å². The van der Waals surface area contributed by atoms with Crippen LogP contribution >= 0.6 is 0 Å². The lowest BCUT2D eigenvalue weighted by Gasteiger charge is -2.19. The monoisotopic (exact) mass is 279 g/mol. The van der Waals surface area contributed by atoms with Crippen molar-refractivity contribution < 1.29 is 22.7 Å². The Morgan fingerprint density at radius 3 is 2.42 bits per heavy atom. The molecule has 1 aromatic heterocycles. The number of hydrogen-bond acceptors (Lipinski definition) is 3. The van der Waals surface area contributed by atoms with Crippen LogP contribution in [0.1, 0.15) is 32.2 Å². The predicted octanol–water partition coefficient (Wildman–Crippen LogP) is 2.46. The molecule has 8 heteroatoms. The number of carbonyl (C=O) groups excluding carboxylic acids is 1. The van der Waals surface area contributed by atoms with E-state index >= 15 is 0 Å². The minimum atomic E-state index is -4.47. The van der Waals surface area contributed by atoms with Gasteiger partial charge in [0.25, 0.3) is 0 Å². The number of alkyl halides is 3. The molecule has 0 radical (unpaired) electrons. The van der Waals surface area contributed by atoms with Gasteiger partial charge in [-0.3, -0.25) is 4.68 Å². The minimum Gasteiger partial charge on any atom is -0.444 e. The van der Waals surface area contributed by atoms with Crippen molar-refractivity contribution in [3.8, 4) is 0 Å². The van der Waals surface area contributed by atoms with E-state index < -0.39 is 23.6 Å². The molecule has 0 saturated heterocycles. The minimum absolute atomic E-state index is 0.112. The summed E-state index contributed by atoms with van der Waals surface area (Å²) in [6.45, 7) is 4.94. The van der Waals surface area contributed by atoms with Gasteiger partial charge in [-0.05, 0) is 26.8 Å². The van der Waals surface area contributed by atoms with Crippen molar-refractivity contribution in [2.75, 3.05) is 0 Å². The number of halogens is 3. The van der Waals surface area contributed by atoms with Crippen LogP contribution in [0.5, 0.6) is 0 Å². The van der Waals surface area contributed by atoms with Crippen LogP contribution in [0.15, 0.2) is 6.07 Å². The van der Waals surface area contributed by atoms with Gasteiger partial charge in [0.05, 0.1) is 12.2 Å². The molecular formula is C11H16F3N3O2. The lowest BCUT2D eigenvalue weighted by Crippen LogP contribution is -2.32. The molecule has 19 heavy (non-hydrogen) atoms. The Hall–Kier alpha value is -1.73. The molecule has 0 aliphatic rings. The number of aryl methyl sites for hydroxylation is 1. The summed E-state index contributed by atoms with van der Waals surface area (Å²) in [5.74, 6) is 0. The van der Waals surface area contributed by atoms with Gasteiger partial charge in [0.1, 0.15) is 11.3 Å². The molecule has 108 valence electrons. The van der Waals surface area contributed by atoms with Crippen molar-refractivity contribution in [3.05, 3.63) is 17.5 Å². The summed E-state index contributed by atoms with van der Waals surface area (Å²) >= 11 is 0. The van der Waals surface area contributed by atoms with E-state index in [1.165, 1.54) is 7.05 Å². The summed E-state index contributed by atoms with van der Waals surface area (Å²) < 4.78 is 43.2. The SMILES string of the molecule is Cn1nc(CNC(=O)OC(C)(C)C)cc1C(F)(F)F. The van der Waals surface area contributed by atoms with Crippen LogP contribution in [-0.2, 0) is 24.5 Å². The molecule has 0 atom stereocenters. The summed E-state index contributed by atoms with van der Waals surface area (Å²) in [7, 11) is 1.19. The lowest BCUT2D eigenvalue weighted by atomic mass is 10.2. The maximum atomic E-state index is 12.5. The van der Waals surface area contributed by atoms with Crippen molar-refractivity contribution >= 4 is 6.09 Å². The summed E-state index contributed by atoms with van der Waals surface area (Å²) in [6.07, 6.45) is -5.17. The van der Waals surface area contributed by atoms with E-state index in [1.54, 1.807) is 20.8 Å². The lowest BCUT2D eigenvalue weighted by molar-refractivity contribution is -0.143. The van der Waals surface area contributed by atoms with Gasteiger partial charge < -0.3 is 10.1 Å². The highest BCUT2D eigenvalue weighted by molar-refractivity contribution is 5.67. The maximum absolute atomic E-state index is 12.5. The number of amides is 1. The number of ether oxygens (including phenoxy) is 1. The van der Waals surface area contributed by atoms with Gasteiger partial charge in [-0.2, -0.15) is 18.3 Å². The quantitative estimate of drug-likeness (QED) is 0.904. The van der Waals surface area contributed by atoms with E-state index in [2.05, 4.69) is 10.4 Å². The van der Waals surface area contributed by atoms with Crippen molar-refractivity contribution in [2.24, 2.45) is 7.05 Å². The fraction of sp³-hybridized carbons (Fsp3) is 0.636. The molecule has 0 fully saturated rings. The van der Waals surface area contributed by atoms with Gasteiger partial charge in [-0.25, -0.2) is 4.79 Å². The van der Waals surface area contributed by atoms with Crippen LogP contribution in [0.25, 0.3) is 0 Å². The summed E-state index contributed by atoms with van der Waals surface area (Å²) in [6, 6.07) is 0.886. The molecule has 0 spiro atoms. The molecular weight excluding hydrogens is 263 g/mol. The van der Waals surface area contributed by atoms with Gasteiger partial charge in [0.15, 0.2) is 0 Å². The number of hydrogen-bond donors (Lipinski definition) is 1. The zero-order valence-corrected chi connectivity index (χ0v) is 11.1. The van der Waals surface area contributed by atoms with Crippen molar-refractivity contribution in [3.63, 3.8) is 0 Å². The second kappa shape index (κ2) is 5.10. The molecule has 0 aliphatic heterocycles. The van der Waals surface area contributed by atoms with Crippen LogP contribution < -0.4 is 5.32 Å². The van der Waals surface area contributed by atoms with Crippen molar-refractivity contribution in [2.45, 2.75) is 39.1 Å². The van der Waals surface area contributed by atoms with Crippen LogP contribution in [-0.4, -0.2) is 21.5 Å². The zero-order chi connectivity index (χ0) is 14.8. The first-order valence-corrected chi connectivity index (χ1v) is 5.56. The Balaban J connectivity index is 2.63. The summed E-state index contributed by atoms with van der Waals surface area (Å²) in [5.41, 5.74) is -1.42. The molecule has 5 nitrogen and oxygen atoms in total. The first kappa shape index (κ1) is 15.3. The average molecular weight is 279 g/mol. The van der Waals surface area contributed by atoms with Crippen LogP contribution in [0, 0.1) is 0 Å². The van der Waals surface area contributed by atoms with E-state index in [-0.39, 0.29) is 12.2 Å². The molecule has 1 N–H and O–H groups in total. The first-order chi connectivity index (χ1) is 8.49. The molecule has 1 heterocycles. The second-order valence-electron chi connectivity index (χ2n) is 5.00. The van der Waals surface area contributed by atoms with E-state index in [4.69, 9.17) is 4.74 Å². The van der Waals surface area contributed by atoms with Crippen LogP contribution in [0.3, 0.4) is 0 Å². The van der Waals surface area contributed by atoms with Gasteiger partial charge in [0.2, 0.25) is 0 Å². The summed E-state index contributed by atoms with van der Waals surface area (Å²) in [5, 5.41) is 6.02. The second-order valence-corrected chi connectivity index (χ2v) is 5.00. The van der Waals surface area contributed by atoms with E-state index in [9.17, 15) is 18.0 Å². The van der Waals surface area contributed by atoms with Crippen molar-refractivity contribution in [1.82, 2.24) is 15.1 Å². The molecule has 1 aromatic rings. The third-order valence-electron chi connectivity index (χ3n) is 2.03. The topological polar surface area (TPSA) is 56.2 Å². The maximum Gasteiger partial charge on any atom is 0.433 e. The smallest absolute Gasteiger partial charge is 0.433 e. The standard InChI is InChI=1S/C11H16F3N3O2/c1-10(2,3)19-9(18)15-6-7-5-8(11(12,13)14)17(4)16-7/h5H,6H2,1-4H3,(H,15,18). The van der Waals surface area contributed by atoms with Crippen LogP contribution in [0.4, 0.5) is 18.0 Å². The molecule has 0 aliphatic carbocycles. The van der Waals surface area contributed by atoms with E-state index in [0.29, 0.717) is 0 Å². The Morgan fingerprint density at radius 2 is 2.00 bits per heavy atom. The number of nitrogens with zero attached hydrogens (tertiary/aromatic N) is 2.